The fourth-order valence-electron chi connectivity index (χ4n) is 2.91. The molecule has 1 saturated heterocycles. The molecule has 1 aromatic heterocycles. The van der Waals surface area contributed by atoms with Gasteiger partial charge in [-0.1, -0.05) is 5.21 Å². The molecule has 0 unspecified atom stereocenters. The van der Waals surface area contributed by atoms with Crippen molar-refractivity contribution in [3.05, 3.63) is 35.7 Å². The highest BCUT2D eigenvalue weighted by atomic mass is 32.2. The number of amides is 1. The van der Waals surface area contributed by atoms with Crippen molar-refractivity contribution < 1.29 is 17.9 Å². The summed E-state index contributed by atoms with van der Waals surface area (Å²) >= 11 is 0. The van der Waals surface area contributed by atoms with Gasteiger partial charge in [0.1, 0.15) is 5.75 Å². The molecule has 1 fully saturated rings. The van der Waals surface area contributed by atoms with E-state index in [2.05, 4.69) is 10.3 Å². The van der Waals surface area contributed by atoms with E-state index in [1.807, 2.05) is 12.1 Å². The first-order valence-electron chi connectivity index (χ1n) is 7.86. The smallest absolute Gasteiger partial charge is 0.276 e. The topological polar surface area (TPSA) is 94.4 Å². The Hall–Kier alpha value is -2.42. The molecule has 0 N–H and O–H groups in total. The van der Waals surface area contributed by atoms with Crippen molar-refractivity contribution in [3.8, 4) is 11.4 Å². The second kappa shape index (κ2) is 6.47. The molecule has 0 radical (unpaired) electrons. The Morgan fingerprint density at radius 1 is 1.32 bits per heavy atom. The zero-order valence-corrected chi connectivity index (χ0v) is 15.2. The van der Waals surface area contributed by atoms with E-state index < -0.39 is 9.84 Å². The highest BCUT2D eigenvalue weighted by molar-refractivity contribution is 7.91. The van der Waals surface area contributed by atoms with Gasteiger partial charge in [0.15, 0.2) is 15.5 Å². The van der Waals surface area contributed by atoms with Gasteiger partial charge < -0.3 is 9.64 Å². The van der Waals surface area contributed by atoms with E-state index in [1.54, 1.807) is 37.9 Å². The van der Waals surface area contributed by atoms with E-state index >= 15 is 0 Å². The molecule has 0 spiro atoms. The number of methoxy groups -OCH3 is 1. The zero-order chi connectivity index (χ0) is 18.2. The highest BCUT2D eigenvalue weighted by Gasteiger charge is 2.34. The van der Waals surface area contributed by atoms with Gasteiger partial charge in [-0.15, -0.1) is 5.10 Å². The van der Waals surface area contributed by atoms with Gasteiger partial charge in [-0.3, -0.25) is 4.79 Å². The number of aromatic nitrogens is 3. The molecule has 3 rings (SSSR count). The molecule has 1 aromatic carbocycles. The molecule has 0 bridgehead atoms. The van der Waals surface area contributed by atoms with Gasteiger partial charge in [-0.05, 0) is 37.6 Å². The van der Waals surface area contributed by atoms with Crippen LogP contribution in [0.5, 0.6) is 5.75 Å². The molecule has 1 amide bonds. The first-order valence-corrected chi connectivity index (χ1v) is 9.69. The standard InChI is InChI=1S/C16H20N4O4S/c1-11-15(16(21)19(2)13-8-9-25(22,23)10-13)17-18-20(11)12-4-6-14(24-3)7-5-12/h4-7,13H,8-10H2,1-3H3/t13-/m1/s1. The number of nitrogens with zero attached hydrogens (tertiary/aromatic N) is 4. The molecule has 1 aliphatic heterocycles. The minimum absolute atomic E-state index is 0.000897. The minimum Gasteiger partial charge on any atom is -0.497 e. The van der Waals surface area contributed by atoms with Crippen LogP contribution >= 0.6 is 0 Å². The number of carbonyl (C=O) groups is 1. The highest BCUT2D eigenvalue weighted by Crippen LogP contribution is 2.21. The third kappa shape index (κ3) is 3.37. The van der Waals surface area contributed by atoms with Crippen LogP contribution in [0, 0.1) is 6.92 Å². The number of carbonyl (C=O) groups excluding carboxylic acids is 1. The largest absolute Gasteiger partial charge is 0.497 e. The third-order valence-corrected chi connectivity index (χ3v) is 6.24. The van der Waals surface area contributed by atoms with Gasteiger partial charge in [0, 0.05) is 13.1 Å². The molecule has 134 valence electrons. The summed E-state index contributed by atoms with van der Waals surface area (Å²) in [6, 6.07) is 6.92. The summed E-state index contributed by atoms with van der Waals surface area (Å²) in [6.07, 6.45) is 0.455. The lowest BCUT2D eigenvalue weighted by molar-refractivity contribution is 0.0741. The number of benzene rings is 1. The van der Waals surface area contributed by atoms with Crippen LogP contribution in [-0.2, 0) is 9.84 Å². The average Bonchev–Trinajstić information content (AvgIpc) is 3.16. The number of ether oxygens (including phenoxy) is 1. The Kier molecular flexibility index (Phi) is 4.51. The predicted molar refractivity (Wildman–Crippen MR) is 91.8 cm³/mol. The first-order chi connectivity index (χ1) is 11.8. The van der Waals surface area contributed by atoms with E-state index in [0.717, 1.165) is 11.4 Å². The minimum atomic E-state index is -3.06. The molecule has 25 heavy (non-hydrogen) atoms. The third-order valence-electron chi connectivity index (χ3n) is 4.49. The van der Waals surface area contributed by atoms with Crippen LogP contribution in [0.25, 0.3) is 5.69 Å². The Labute approximate surface area is 146 Å². The van der Waals surface area contributed by atoms with Crippen LogP contribution < -0.4 is 4.74 Å². The Bertz CT molecular complexity index is 889. The number of rotatable bonds is 4. The van der Waals surface area contributed by atoms with Gasteiger partial charge in [0.25, 0.3) is 5.91 Å². The van der Waals surface area contributed by atoms with Gasteiger partial charge in [-0.2, -0.15) is 0 Å². The fraction of sp³-hybridized carbons (Fsp3) is 0.438. The number of hydrogen-bond acceptors (Lipinski definition) is 6. The van der Waals surface area contributed by atoms with Crippen molar-refractivity contribution in [1.82, 2.24) is 19.9 Å². The van der Waals surface area contributed by atoms with Crippen LogP contribution in [0.15, 0.2) is 24.3 Å². The molecule has 1 aliphatic rings. The average molecular weight is 364 g/mol. The van der Waals surface area contributed by atoms with Crippen LogP contribution in [0.2, 0.25) is 0 Å². The van der Waals surface area contributed by atoms with Gasteiger partial charge >= 0.3 is 0 Å². The second-order valence-electron chi connectivity index (χ2n) is 6.11. The Morgan fingerprint density at radius 2 is 2.00 bits per heavy atom. The van der Waals surface area contributed by atoms with E-state index in [9.17, 15) is 13.2 Å². The van der Waals surface area contributed by atoms with Crippen LogP contribution in [-0.4, -0.2) is 65.9 Å². The summed E-state index contributed by atoms with van der Waals surface area (Å²) in [6.45, 7) is 1.76. The van der Waals surface area contributed by atoms with Crippen molar-refractivity contribution in [3.63, 3.8) is 0 Å². The van der Waals surface area contributed by atoms with Gasteiger partial charge in [0.05, 0.1) is 30.0 Å². The van der Waals surface area contributed by atoms with Crippen molar-refractivity contribution in [1.29, 1.82) is 0 Å². The summed E-state index contributed by atoms with van der Waals surface area (Å²) in [5.41, 5.74) is 1.58. The molecule has 2 heterocycles. The lowest BCUT2D eigenvalue weighted by Gasteiger charge is -2.22. The van der Waals surface area contributed by atoms with Crippen molar-refractivity contribution in [2.75, 3.05) is 25.7 Å². The molecule has 1 atom stereocenters. The van der Waals surface area contributed by atoms with E-state index in [-0.39, 0.29) is 29.1 Å². The van der Waals surface area contributed by atoms with Crippen molar-refractivity contribution in [2.24, 2.45) is 0 Å². The number of sulfone groups is 1. The zero-order valence-electron chi connectivity index (χ0n) is 14.3. The summed E-state index contributed by atoms with van der Waals surface area (Å²) in [5, 5.41) is 8.06. The number of hydrogen-bond donors (Lipinski definition) is 0. The quantitative estimate of drug-likeness (QED) is 0.798. The normalized spacial score (nSPS) is 18.9. The van der Waals surface area contributed by atoms with E-state index in [0.29, 0.717) is 12.1 Å². The van der Waals surface area contributed by atoms with Crippen molar-refractivity contribution in [2.45, 2.75) is 19.4 Å². The monoisotopic (exact) mass is 364 g/mol. The first kappa shape index (κ1) is 17.4. The summed E-state index contributed by atoms with van der Waals surface area (Å²) < 4.78 is 30.0. The van der Waals surface area contributed by atoms with Crippen molar-refractivity contribution >= 4 is 15.7 Å². The van der Waals surface area contributed by atoms with Gasteiger partial charge in [0.2, 0.25) is 0 Å². The summed E-state index contributed by atoms with van der Waals surface area (Å²) in [4.78, 5) is 14.2. The van der Waals surface area contributed by atoms with E-state index in [1.165, 1.54) is 4.90 Å². The molecule has 2 aromatic rings. The fourth-order valence-corrected chi connectivity index (χ4v) is 4.68. The van der Waals surface area contributed by atoms with E-state index in [4.69, 9.17) is 4.74 Å². The molecule has 9 heteroatoms. The van der Waals surface area contributed by atoms with Gasteiger partial charge in [-0.25, -0.2) is 13.1 Å². The maximum absolute atomic E-state index is 12.7. The maximum Gasteiger partial charge on any atom is 0.276 e. The Balaban J connectivity index is 1.83. The molecular weight excluding hydrogens is 344 g/mol. The second-order valence-corrected chi connectivity index (χ2v) is 8.33. The SMILES string of the molecule is COc1ccc(-n2nnc(C(=O)N(C)[C@@H]3CCS(=O)(=O)C3)c2C)cc1. The molecular formula is C16H20N4O4S. The summed E-state index contributed by atoms with van der Waals surface area (Å²) in [7, 11) is 0.142. The molecule has 8 nitrogen and oxygen atoms in total. The van der Waals surface area contributed by atoms with Crippen LogP contribution in [0.4, 0.5) is 0 Å². The lowest BCUT2D eigenvalue weighted by Crippen LogP contribution is -2.38. The maximum atomic E-state index is 12.7. The van der Waals surface area contributed by atoms with Crippen LogP contribution in [0.3, 0.4) is 0 Å². The summed E-state index contributed by atoms with van der Waals surface area (Å²) in [5.74, 6) is 0.521. The Morgan fingerprint density at radius 3 is 2.56 bits per heavy atom. The molecule has 0 saturated carbocycles. The lowest BCUT2D eigenvalue weighted by atomic mass is 10.2. The predicted octanol–water partition coefficient (Wildman–Crippen LogP) is 0.843. The molecule has 0 aliphatic carbocycles. The van der Waals surface area contributed by atoms with Crippen LogP contribution in [0.1, 0.15) is 22.6 Å².